The Balaban J connectivity index is 3.31. The van der Waals surface area contributed by atoms with Gasteiger partial charge in [-0.15, -0.1) is 0 Å². The maximum Gasteiger partial charge on any atom is 0.407 e. The summed E-state index contributed by atoms with van der Waals surface area (Å²) in [6.45, 7) is 1.96. The minimum Gasteiger partial charge on any atom is -0.447 e. The highest BCUT2D eigenvalue weighted by atomic mass is 32.2. The van der Waals surface area contributed by atoms with Crippen LogP contribution >= 0.6 is 0 Å². The van der Waals surface area contributed by atoms with Gasteiger partial charge in [0.05, 0.1) is 6.61 Å². The van der Waals surface area contributed by atoms with Gasteiger partial charge >= 0.3 is 6.09 Å². The van der Waals surface area contributed by atoms with Crippen LogP contribution in [0.1, 0.15) is 6.92 Å². The van der Waals surface area contributed by atoms with Crippen LogP contribution in [0.4, 0.5) is 4.79 Å². The Hall–Kier alpha value is -0.620. The first-order chi connectivity index (χ1) is 6.20. The summed E-state index contributed by atoms with van der Waals surface area (Å²) in [5.41, 5.74) is 0. The van der Waals surface area contributed by atoms with Gasteiger partial charge in [0.1, 0.15) is 6.61 Å². The molecule has 2 N–H and O–H groups in total. The highest BCUT2D eigenvalue weighted by Crippen LogP contribution is 1.81. The van der Waals surface area contributed by atoms with Crippen molar-refractivity contribution in [3.8, 4) is 0 Å². The van der Waals surface area contributed by atoms with Crippen LogP contribution in [0.2, 0.25) is 0 Å². The second kappa shape index (κ2) is 8.00. The Morgan fingerprint density at radius 3 is 2.85 bits per heavy atom. The van der Waals surface area contributed by atoms with E-state index in [9.17, 15) is 9.00 Å². The Bertz CT molecular complexity index is 174. The molecule has 0 radical (unpaired) electrons. The van der Waals surface area contributed by atoms with Crippen molar-refractivity contribution in [2.45, 2.75) is 6.92 Å². The molecule has 0 heterocycles. The zero-order valence-corrected chi connectivity index (χ0v) is 8.43. The summed E-state index contributed by atoms with van der Waals surface area (Å²) in [5, 5.41) is 10.7. The number of ether oxygens (including phenoxy) is 1. The molecule has 0 saturated carbocycles. The van der Waals surface area contributed by atoms with E-state index in [4.69, 9.17) is 5.11 Å². The van der Waals surface area contributed by atoms with Crippen LogP contribution in [-0.2, 0) is 15.5 Å². The quantitative estimate of drug-likeness (QED) is 0.617. The van der Waals surface area contributed by atoms with E-state index in [2.05, 4.69) is 10.1 Å². The molecule has 1 unspecified atom stereocenters. The molecule has 0 aliphatic rings. The molecule has 6 heteroatoms. The molecule has 5 nitrogen and oxygen atoms in total. The van der Waals surface area contributed by atoms with E-state index in [1.165, 1.54) is 0 Å². The molecule has 0 saturated heterocycles. The lowest BCUT2D eigenvalue weighted by molar-refractivity contribution is 0.119. The van der Waals surface area contributed by atoms with Crippen LogP contribution in [-0.4, -0.2) is 46.7 Å². The molecule has 78 valence electrons. The zero-order valence-electron chi connectivity index (χ0n) is 7.62. The fourth-order valence-electron chi connectivity index (χ4n) is 0.601. The van der Waals surface area contributed by atoms with Crippen LogP contribution in [0.15, 0.2) is 0 Å². The number of alkyl carbamates (subject to hydrolysis) is 1. The lowest BCUT2D eigenvalue weighted by Gasteiger charge is -2.04. The highest BCUT2D eigenvalue weighted by molar-refractivity contribution is 7.84. The summed E-state index contributed by atoms with van der Waals surface area (Å²) < 4.78 is 15.4. The van der Waals surface area contributed by atoms with Gasteiger partial charge in [-0.3, -0.25) is 4.21 Å². The average Bonchev–Trinajstić information content (AvgIpc) is 2.14. The number of rotatable bonds is 6. The Morgan fingerprint density at radius 1 is 1.62 bits per heavy atom. The predicted molar refractivity (Wildman–Crippen MR) is 50.0 cm³/mol. The second-order valence-electron chi connectivity index (χ2n) is 2.22. The Morgan fingerprint density at radius 2 is 2.31 bits per heavy atom. The summed E-state index contributed by atoms with van der Waals surface area (Å²) in [6, 6.07) is 0. The van der Waals surface area contributed by atoms with Gasteiger partial charge in [0.2, 0.25) is 0 Å². The molecular formula is C7H15NO4S. The van der Waals surface area contributed by atoms with E-state index in [1.54, 1.807) is 0 Å². The number of carbonyl (C=O) groups is 1. The molecular weight excluding hydrogens is 194 g/mol. The third kappa shape index (κ3) is 7.73. The van der Waals surface area contributed by atoms with Crippen molar-refractivity contribution in [1.29, 1.82) is 0 Å². The molecule has 0 aromatic heterocycles. The van der Waals surface area contributed by atoms with Crippen molar-refractivity contribution in [2.24, 2.45) is 0 Å². The van der Waals surface area contributed by atoms with Gasteiger partial charge in [-0.2, -0.15) is 0 Å². The number of aliphatic hydroxyl groups is 1. The summed E-state index contributed by atoms with van der Waals surface area (Å²) >= 11 is 0. The highest BCUT2D eigenvalue weighted by Gasteiger charge is 2.01. The minimum absolute atomic E-state index is 0.0112. The van der Waals surface area contributed by atoms with E-state index in [0.29, 0.717) is 18.1 Å². The third-order valence-corrected chi connectivity index (χ3v) is 2.55. The Kier molecular flexibility index (Phi) is 7.62. The van der Waals surface area contributed by atoms with E-state index in [1.807, 2.05) is 6.92 Å². The largest absolute Gasteiger partial charge is 0.447 e. The van der Waals surface area contributed by atoms with Gasteiger partial charge in [0.25, 0.3) is 0 Å². The summed E-state index contributed by atoms with van der Waals surface area (Å²) in [6.07, 6.45) is -0.581. The molecule has 0 spiro atoms. The normalized spacial score (nSPS) is 12.2. The van der Waals surface area contributed by atoms with Crippen molar-refractivity contribution in [3.05, 3.63) is 0 Å². The van der Waals surface area contributed by atoms with E-state index in [-0.39, 0.29) is 13.2 Å². The van der Waals surface area contributed by atoms with E-state index >= 15 is 0 Å². The lowest BCUT2D eigenvalue weighted by Crippen LogP contribution is -2.29. The monoisotopic (exact) mass is 209 g/mol. The number of hydrogen-bond acceptors (Lipinski definition) is 4. The number of nitrogens with one attached hydrogen (secondary N) is 1. The SMILES string of the molecule is CCS(=O)CCNC(=O)OCCO. The molecule has 0 bridgehead atoms. The number of amides is 1. The van der Waals surface area contributed by atoms with Gasteiger partial charge in [0.15, 0.2) is 0 Å². The average molecular weight is 209 g/mol. The van der Waals surface area contributed by atoms with Gasteiger partial charge in [-0.05, 0) is 0 Å². The zero-order chi connectivity index (χ0) is 10.1. The van der Waals surface area contributed by atoms with Crippen LogP contribution < -0.4 is 5.32 Å². The van der Waals surface area contributed by atoms with Crippen molar-refractivity contribution >= 4 is 16.9 Å². The first kappa shape index (κ1) is 12.4. The molecule has 0 aromatic carbocycles. The van der Waals surface area contributed by atoms with Crippen molar-refractivity contribution in [2.75, 3.05) is 31.3 Å². The molecule has 0 aromatic rings. The van der Waals surface area contributed by atoms with Crippen LogP contribution in [0, 0.1) is 0 Å². The summed E-state index contributed by atoms with van der Waals surface area (Å²) in [4.78, 5) is 10.7. The van der Waals surface area contributed by atoms with Crippen LogP contribution in [0.5, 0.6) is 0 Å². The van der Waals surface area contributed by atoms with Crippen molar-refractivity contribution < 1.29 is 18.8 Å². The van der Waals surface area contributed by atoms with Crippen molar-refractivity contribution in [1.82, 2.24) is 5.32 Å². The second-order valence-corrected chi connectivity index (χ2v) is 4.08. The number of hydrogen-bond donors (Lipinski definition) is 2. The molecule has 1 amide bonds. The number of aliphatic hydroxyl groups excluding tert-OH is 1. The smallest absolute Gasteiger partial charge is 0.407 e. The summed E-state index contributed by atoms with van der Waals surface area (Å²) in [5.74, 6) is 1.03. The molecule has 1 atom stereocenters. The molecule has 0 aliphatic carbocycles. The van der Waals surface area contributed by atoms with Gasteiger partial charge in [-0.25, -0.2) is 4.79 Å². The van der Waals surface area contributed by atoms with Gasteiger partial charge in [0, 0.05) is 28.9 Å². The lowest BCUT2D eigenvalue weighted by atomic mass is 10.7. The Labute approximate surface area is 79.9 Å². The predicted octanol–water partition coefficient (Wildman–Crippen LogP) is -0.527. The third-order valence-electron chi connectivity index (χ3n) is 1.25. The number of carbonyl (C=O) groups excluding carboxylic acids is 1. The fraction of sp³-hybridized carbons (Fsp3) is 0.857. The molecule has 0 fully saturated rings. The summed E-state index contributed by atoms with van der Waals surface area (Å²) in [7, 11) is -0.869. The van der Waals surface area contributed by atoms with Gasteiger partial charge < -0.3 is 15.2 Å². The van der Waals surface area contributed by atoms with Crippen molar-refractivity contribution in [3.63, 3.8) is 0 Å². The van der Waals surface area contributed by atoms with E-state index < -0.39 is 16.9 Å². The van der Waals surface area contributed by atoms with Gasteiger partial charge in [-0.1, -0.05) is 6.92 Å². The first-order valence-electron chi connectivity index (χ1n) is 4.07. The first-order valence-corrected chi connectivity index (χ1v) is 5.56. The standard InChI is InChI=1S/C7H15NO4S/c1-2-13(11)6-3-8-7(10)12-5-4-9/h9H,2-6H2,1H3,(H,8,10). The molecule has 0 aliphatic heterocycles. The minimum atomic E-state index is -0.869. The molecule has 0 rings (SSSR count). The topological polar surface area (TPSA) is 75.6 Å². The fourth-order valence-corrected chi connectivity index (χ4v) is 1.22. The molecule has 13 heavy (non-hydrogen) atoms. The maximum atomic E-state index is 10.9. The van der Waals surface area contributed by atoms with Crippen LogP contribution in [0.3, 0.4) is 0 Å². The maximum absolute atomic E-state index is 10.9. The van der Waals surface area contributed by atoms with Crippen LogP contribution in [0.25, 0.3) is 0 Å². The van der Waals surface area contributed by atoms with E-state index in [0.717, 1.165) is 0 Å².